The van der Waals surface area contributed by atoms with Gasteiger partial charge in [0.1, 0.15) is 16.4 Å². The predicted octanol–water partition coefficient (Wildman–Crippen LogP) is 2.58. The molecule has 0 bridgehead atoms. The molecule has 0 saturated carbocycles. The monoisotopic (exact) mass is 395 g/mol. The van der Waals surface area contributed by atoms with Crippen LogP contribution in [0.25, 0.3) is 0 Å². The van der Waals surface area contributed by atoms with E-state index in [1.807, 2.05) is 12.1 Å². The summed E-state index contributed by atoms with van der Waals surface area (Å²) in [6.07, 6.45) is 0.516. The molecule has 0 aromatic heterocycles. The Morgan fingerprint density at radius 1 is 0.815 bits per heavy atom. The predicted molar refractivity (Wildman–Crippen MR) is 103 cm³/mol. The maximum Gasteiger partial charge on any atom is 0.246 e. The average Bonchev–Trinajstić information content (AvgIpc) is 2.70. The van der Waals surface area contributed by atoms with Crippen molar-refractivity contribution in [2.75, 3.05) is 42.0 Å². The van der Waals surface area contributed by atoms with E-state index in [2.05, 4.69) is 0 Å². The zero-order valence-corrected chi connectivity index (χ0v) is 17.0. The number of methoxy groups -OCH3 is 4. The summed E-state index contributed by atoms with van der Waals surface area (Å²) in [4.78, 5) is 0.0687. The second kappa shape index (κ2) is 8.96. The van der Waals surface area contributed by atoms with Crippen LogP contribution in [0.2, 0.25) is 0 Å². The number of benzene rings is 2. The minimum Gasteiger partial charge on any atom is -0.497 e. The second-order valence-corrected chi connectivity index (χ2v) is 7.80. The minimum absolute atomic E-state index is 0.0687. The van der Waals surface area contributed by atoms with Crippen molar-refractivity contribution in [2.45, 2.75) is 11.3 Å². The van der Waals surface area contributed by atoms with Crippen LogP contribution in [0, 0.1) is 0 Å². The topological polar surface area (TPSA) is 74.3 Å². The SMILES string of the molecule is COc1ccc(OC)c(S(=O)(=O)N(C)CCc2ccc(OC)c(OC)c2)c1. The van der Waals surface area contributed by atoms with Gasteiger partial charge in [-0.3, -0.25) is 0 Å². The van der Waals surface area contributed by atoms with Crippen molar-refractivity contribution in [3.63, 3.8) is 0 Å². The number of hydrogen-bond donors (Lipinski definition) is 0. The maximum absolute atomic E-state index is 13.0. The molecule has 2 aromatic rings. The summed E-state index contributed by atoms with van der Waals surface area (Å²) < 4.78 is 48.1. The highest BCUT2D eigenvalue weighted by Gasteiger charge is 2.25. The number of likely N-dealkylation sites (N-methyl/N-ethyl adjacent to an activating group) is 1. The van der Waals surface area contributed by atoms with E-state index in [4.69, 9.17) is 18.9 Å². The van der Waals surface area contributed by atoms with Gasteiger partial charge < -0.3 is 18.9 Å². The summed E-state index contributed by atoms with van der Waals surface area (Å²) in [5.41, 5.74) is 0.937. The molecule has 8 heteroatoms. The Hall–Kier alpha value is -2.45. The first kappa shape index (κ1) is 20.9. The molecule has 0 heterocycles. The van der Waals surface area contributed by atoms with Gasteiger partial charge in [0, 0.05) is 19.7 Å². The molecule has 0 aliphatic carbocycles. The van der Waals surface area contributed by atoms with Crippen molar-refractivity contribution in [1.29, 1.82) is 0 Å². The lowest BCUT2D eigenvalue weighted by Gasteiger charge is -2.19. The molecule has 0 unspecified atom stereocenters. The van der Waals surface area contributed by atoms with Crippen LogP contribution in [0.1, 0.15) is 5.56 Å². The summed E-state index contributed by atoms with van der Waals surface area (Å²) in [7, 11) is 3.85. The molecular weight excluding hydrogens is 370 g/mol. The molecule has 7 nitrogen and oxygen atoms in total. The van der Waals surface area contributed by atoms with Gasteiger partial charge in [0.05, 0.1) is 28.4 Å². The van der Waals surface area contributed by atoms with Crippen LogP contribution >= 0.6 is 0 Å². The Morgan fingerprint density at radius 3 is 2.04 bits per heavy atom. The van der Waals surface area contributed by atoms with Crippen molar-refractivity contribution in [2.24, 2.45) is 0 Å². The van der Waals surface area contributed by atoms with E-state index < -0.39 is 10.0 Å². The third kappa shape index (κ3) is 4.64. The van der Waals surface area contributed by atoms with Crippen LogP contribution in [0.5, 0.6) is 23.0 Å². The smallest absolute Gasteiger partial charge is 0.246 e. The minimum atomic E-state index is -3.74. The highest BCUT2D eigenvalue weighted by Crippen LogP contribution is 2.31. The van der Waals surface area contributed by atoms with Crippen LogP contribution in [0.3, 0.4) is 0 Å². The average molecular weight is 395 g/mol. The first-order chi connectivity index (χ1) is 12.9. The molecule has 0 spiro atoms. The van der Waals surface area contributed by atoms with Crippen LogP contribution < -0.4 is 18.9 Å². The molecule has 0 radical (unpaired) electrons. The molecule has 2 aromatic carbocycles. The van der Waals surface area contributed by atoms with E-state index >= 15 is 0 Å². The first-order valence-corrected chi connectivity index (χ1v) is 9.70. The zero-order valence-electron chi connectivity index (χ0n) is 16.2. The summed E-state index contributed by atoms with van der Waals surface area (Å²) >= 11 is 0. The van der Waals surface area contributed by atoms with Gasteiger partial charge in [-0.2, -0.15) is 0 Å². The molecule has 0 aliphatic heterocycles. The lowest BCUT2D eigenvalue weighted by atomic mass is 10.1. The molecule has 2 rings (SSSR count). The highest BCUT2D eigenvalue weighted by atomic mass is 32.2. The summed E-state index contributed by atoms with van der Waals surface area (Å²) in [6, 6.07) is 10.2. The lowest BCUT2D eigenvalue weighted by molar-refractivity contribution is 0.354. The van der Waals surface area contributed by atoms with Gasteiger partial charge >= 0.3 is 0 Å². The van der Waals surface area contributed by atoms with Crippen molar-refractivity contribution in [3.05, 3.63) is 42.0 Å². The summed E-state index contributed by atoms with van der Waals surface area (Å²) in [5.74, 6) is 1.95. The van der Waals surface area contributed by atoms with Crippen LogP contribution in [0.15, 0.2) is 41.3 Å². The molecule has 0 saturated heterocycles. The van der Waals surface area contributed by atoms with Gasteiger partial charge in [-0.05, 0) is 36.2 Å². The van der Waals surface area contributed by atoms with Gasteiger partial charge in [0.25, 0.3) is 0 Å². The van der Waals surface area contributed by atoms with Gasteiger partial charge in [-0.15, -0.1) is 0 Å². The van der Waals surface area contributed by atoms with Gasteiger partial charge in [-0.25, -0.2) is 12.7 Å². The van der Waals surface area contributed by atoms with E-state index in [9.17, 15) is 8.42 Å². The van der Waals surface area contributed by atoms with Crippen LogP contribution in [-0.4, -0.2) is 54.8 Å². The number of sulfonamides is 1. The quantitative estimate of drug-likeness (QED) is 0.650. The highest BCUT2D eigenvalue weighted by molar-refractivity contribution is 7.89. The molecule has 27 heavy (non-hydrogen) atoms. The third-order valence-corrected chi connectivity index (χ3v) is 6.10. The van der Waals surface area contributed by atoms with Crippen molar-refractivity contribution >= 4 is 10.0 Å². The Morgan fingerprint density at radius 2 is 1.44 bits per heavy atom. The fourth-order valence-corrected chi connectivity index (χ4v) is 3.93. The van der Waals surface area contributed by atoms with E-state index in [0.29, 0.717) is 23.7 Å². The lowest BCUT2D eigenvalue weighted by Crippen LogP contribution is -2.29. The van der Waals surface area contributed by atoms with Gasteiger partial charge in [0.15, 0.2) is 11.5 Å². The fraction of sp³-hybridized carbons (Fsp3) is 0.368. The molecule has 0 atom stereocenters. The number of hydrogen-bond acceptors (Lipinski definition) is 6. The zero-order chi connectivity index (χ0) is 20.0. The number of ether oxygens (including phenoxy) is 4. The largest absolute Gasteiger partial charge is 0.497 e. The fourth-order valence-electron chi connectivity index (χ4n) is 2.60. The van der Waals surface area contributed by atoms with Crippen molar-refractivity contribution in [3.8, 4) is 23.0 Å². The summed E-state index contributed by atoms with van der Waals surface area (Å²) in [6.45, 7) is 0.290. The Kier molecular flexibility index (Phi) is 6.92. The molecule has 0 amide bonds. The number of nitrogens with zero attached hydrogens (tertiary/aromatic N) is 1. The van der Waals surface area contributed by atoms with E-state index in [1.165, 1.54) is 31.6 Å². The third-order valence-electron chi connectivity index (χ3n) is 4.22. The first-order valence-electron chi connectivity index (χ1n) is 8.26. The molecule has 148 valence electrons. The van der Waals surface area contributed by atoms with E-state index in [1.54, 1.807) is 32.4 Å². The Balaban J connectivity index is 2.21. The van der Waals surface area contributed by atoms with Crippen LogP contribution in [-0.2, 0) is 16.4 Å². The Bertz CT molecular complexity index is 882. The van der Waals surface area contributed by atoms with E-state index in [-0.39, 0.29) is 17.2 Å². The molecule has 0 fully saturated rings. The maximum atomic E-state index is 13.0. The van der Waals surface area contributed by atoms with Gasteiger partial charge in [0.2, 0.25) is 10.0 Å². The van der Waals surface area contributed by atoms with Crippen LogP contribution in [0.4, 0.5) is 0 Å². The number of rotatable bonds is 9. The summed E-state index contributed by atoms with van der Waals surface area (Å²) in [5, 5.41) is 0. The second-order valence-electron chi connectivity index (χ2n) is 5.78. The molecule has 0 N–H and O–H groups in total. The Labute approximate surface area is 160 Å². The van der Waals surface area contributed by atoms with Gasteiger partial charge in [-0.1, -0.05) is 6.07 Å². The molecular formula is C19H25NO6S. The standard InChI is InChI=1S/C19H25NO6S/c1-20(11-10-14-6-8-16(24-3)18(12-14)26-5)27(21,22)19-13-15(23-2)7-9-17(19)25-4/h6-9,12-13H,10-11H2,1-5H3. The van der Waals surface area contributed by atoms with Crippen molar-refractivity contribution in [1.82, 2.24) is 4.31 Å². The normalized spacial score (nSPS) is 11.3. The molecule has 0 aliphatic rings. The van der Waals surface area contributed by atoms with Crippen molar-refractivity contribution < 1.29 is 27.4 Å². The van der Waals surface area contributed by atoms with E-state index in [0.717, 1.165) is 5.56 Å².